The SMILES string of the molecule is CC.CC#CC1CCN(C(=O)CC(=O)C(C)C)CC1. The standard InChI is InChI=1S/C14H21NO2.C2H6/c1-4-5-12-6-8-15(9-7-12)14(17)10-13(16)11(2)3;1-2/h11-12H,6-10H2,1-3H3;1-2H3. The van der Waals surface area contributed by atoms with E-state index in [2.05, 4.69) is 11.8 Å². The molecule has 0 unspecified atom stereocenters. The van der Waals surface area contributed by atoms with Gasteiger partial charge in [-0.3, -0.25) is 9.59 Å². The first-order chi connectivity index (χ1) is 9.04. The lowest BCUT2D eigenvalue weighted by Gasteiger charge is -2.29. The zero-order valence-electron chi connectivity index (χ0n) is 13.0. The van der Waals surface area contributed by atoms with Gasteiger partial charge in [-0.2, -0.15) is 0 Å². The summed E-state index contributed by atoms with van der Waals surface area (Å²) in [6, 6.07) is 0. The van der Waals surface area contributed by atoms with Crippen LogP contribution in [0, 0.1) is 23.7 Å². The van der Waals surface area contributed by atoms with Crippen LogP contribution < -0.4 is 0 Å². The number of amides is 1. The third-order valence-corrected chi connectivity index (χ3v) is 3.17. The molecular formula is C16H27NO2. The van der Waals surface area contributed by atoms with Crippen molar-refractivity contribution in [1.82, 2.24) is 4.90 Å². The maximum absolute atomic E-state index is 11.8. The summed E-state index contributed by atoms with van der Waals surface area (Å²) in [5.41, 5.74) is 0. The Morgan fingerprint density at radius 2 is 1.74 bits per heavy atom. The lowest BCUT2D eigenvalue weighted by atomic mass is 9.96. The van der Waals surface area contributed by atoms with Crippen molar-refractivity contribution in [3.63, 3.8) is 0 Å². The maximum atomic E-state index is 11.8. The first-order valence-electron chi connectivity index (χ1n) is 7.27. The van der Waals surface area contributed by atoms with Gasteiger partial charge in [-0.15, -0.1) is 11.8 Å². The lowest BCUT2D eigenvalue weighted by Crippen LogP contribution is -2.39. The summed E-state index contributed by atoms with van der Waals surface area (Å²) in [4.78, 5) is 25.1. The fraction of sp³-hybridized carbons (Fsp3) is 0.750. The summed E-state index contributed by atoms with van der Waals surface area (Å²) in [6.07, 6.45) is 1.92. The van der Waals surface area contributed by atoms with E-state index in [1.165, 1.54) is 0 Å². The molecule has 108 valence electrons. The predicted octanol–water partition coefficient (Wildman–Crippen LogP) is 2.89. The highest BCUT2D eigenvalue weighted by atomic mass is 16.2. The second-order valence-electron chi connectivity index (χ2n) is 4.85. The Morgan fingerprint density at radius 3 is 2.16 bits per heavy atom. The molecular weight excluding hydrogens is 238 g/mol. The smallest absolute Gasteiger partial charge is 0.230 e. The van der Waals surface area contributed by atoms with Crippen molar-refractivity contribution in [2.45, 2.75) is 53.9 Å². The van der Waals surface area contributed by atoms with Gasteiger partial charge in [0, 0.05) is 24.9 Å². The van der Waals surface area contributed by atoms with Crippen molar-refractivity contribution < 1.29 is 9.59 Å². The van der Waals surface area contributed by atoms with Gasteiger partial charge in [0.1, 0.15) is 5.78 Å². The van der Waals surface area contributed by atoms with Gasteiger partial charge in [0.05, 0.1) is 6.42 Å². The van der Waals surface area contributed by atoms with Crippen LogP contribution in [0.5, 0.6) is 0 Å². The molecule has 0 aromatic heterocycles. The van der Waals surface area contributed by atoms with Gasteiger partial charge in [0.15, 0.2) is 0 Å². The first-order valence-corrected chi connectivity index (χ1v) is 7.27. The van der Waals surface area contributed by atoms with E-state index in [9.17, 15) is 9.59 Å². The Balaban J connectivity index is 0.00000154. The number of hydrogen-bond donors (Lipinski definition) is 0. The van der Waals surface area contributed by atoms with Crippen molar-refractivity contribution in [2.75, 3.05) is 13.1 Å². The topological polar surface area (TPSA) is 37.4 Å². The van der Waals surface area contributed by atoms with E-state index in [0.29, 0.717) is 5.92 Å². The molecule has 0 radical (unpaired) electrons. The van der Waals surface area contributed by atoms with E-state index in [4.69, 9.17) is 0 Å². The highest BCUT2D eigenvalue weighted by Gasteiger charge is 2.23. The van der Waals surface area contributed by atoms with Crippen LogP contribution >= 0.6 is 0 Å². The Kier molecular flexibility index (Phi) is 8.95. The molecule has 1 saturated heterocycles. The number of piperidine rings is 1. The minimum atomic E-state index is -0.0533. The second kappa shape index (κ2) is 9.61. The molecule has 0 spiro atoms. The Labute approximate surface area is 117 Å². The Hall–Kier alpha value is -1.30. The van der Waals surface area contributed by atoms with Gasteiger partial charge < -0.3 is 4.90 Å². The van der Waals surface area contributed by atoms with Crippen LogP contribution in [-0.2, 0) is 9.59 Å². The van der Waals surface area contributed by atoms with Crippen LogP contribution in [0.1, 0.15) is 53.9 Å². The van der Waals surface area contributed by atoms with Crippen LogP contribution in [0.2, 0.25) is 0 Å². The van der Waals surface area contributed by atoms with E-state index in [1.807, 2.05) is 34.6 Å². The molecule has 1 aliphatic heterocycles. The van der Waals surface area contributed by atoms with Crippen LogP contribution in [0.15, 0.2) is 0 Å². The van der Waals surface area contributed by atoms with E-state index < -0.39 is 0 Å². The summed E-state index contributed by atoms with van der Waals surface area (Å²) in [5, 5.41) is 0. The summed E-state index contributed by atoms with van der Waals surface area (Å²) < 4.78 is 0. The van der Waals surface area contributed by atoms with Crippen molar-refractivity contribution >= 4 is 11.7 Å². The third kappa shape index (κ3) is 6.42. The van der Waals surface area contributed by atoms with Crippen molar-refractivity contribution in [3.8, 4) is 11.8 Å². The number of carbonyl (C=O) groups is 2. The zero-order valence-corrected chi connectivity index (χ0v) is 13.0. The average Bonchev–Trinajstić information content (AvgIpc) is 2.42. The van der Waals surface area contributed by atoms with Crippen LogP contribution in [0.3, 0.4) is 0 Å². The Bertz CT molecular complexity index is 341. The molecule has 3 heteroatoms. The summed E-state index contributed by atoms with van der Waals surface area (Å²) in [7, 11) is 0. The van der Waals surface area contributed by atoms with E-state index in [1.54, 1.807) is 4.90 Å². The molecule has 0 N–H and O–H groups in total. The number of nitrogens with zero attached hydrogens (tertiary/aromatic N) is 1. The fourth-order valence-corrected chi connectivity index (χ4v) is 1.94. The molecule has 1 rings (SSSR count). The largest absolute Gasteiger partial charge is 0.342 e. The number of carbonyl (C=O) groups excluding carboxylic acids is 2. The number of ketones is 1. The van der Waals surface area contributed by atoms with E-state index in [0.717, 1.165) is 25.9 Å². The first kappa shape index (κ1) is 17.7. The molecule has 1 heterocycles. The average molecular weight is 265 g/mol. The van der Waals surface area contributed by atoms with Crippen molar-refractivity contribution in [1.29, 1.82) is 0 Å². The summed E-state index contributed by atoms with van der Waals surface area (Å²) >= 11 is 0. The minimum Gasteiger partial charge on any atom is -0.342 e. The quantitative estimate of drug-likeness (QED) is 0.581. The van der Waals surface area contributed by atoms with Crippen LogP contribution in [-0.4, -0.2) is 29.7 Å². The van der Waals surface area contributed by atoms with Crippen molar-refractivity contribution in [2.24, 2.45) is 11.8 Å². The second-order valence-corrected chi connectivity index (χ2v) is 4.85. The van der Waals surface area contributed by atoms with Gasteiger partial charge in [-0.05, 0) is 19.8 Å². The molecule has 0 aromatic rings. The molecule has 1 aliphatic rings. The molecule has 1 amide bonds. The van der Waals surface area contributed by atoms with Gasteiger partial charge >= 0.3 is 0 Å². The van der Waals surface area contributed by atoms with E-state index in [-0.39, 0.29) is 24.0 Å². The summed E-state index contributed by atoms with van der Waals surface area (Å²) in [5.74, 6) is 6.45. The Morgan fingerprint density at radius 1 is 1.21 bits per heavy atom. The third-order valence-electron chi connectivity index (χ3n) is 3.17. The molecule has 0 bridgehead atoms. The van der Waals surface area contributed by atoms with Gasteiger partial charge in [-0.1, -0.05) is 27.7 Å². The van der Waals surface area contributed by atoms with Crippen LogP contribution in [0.4, 0.5) is 0 Å². The fourth-order valence-electron chi connectivity index (χ4n) is 1.94. The highest BCUT2D eigenvalue weighted by Crippen LogP contribution is 2.17. The number of rotatable bonds is 3. The number of likely N-dealkylation sites (tertiary alicyclic amines) is 1. The molecule has 0 atom stereocenters. The zero-order chi connectivity index (χ0) is 14.8. The van der Waals surface area contributed by atoms with Gasteiger partial charge in [-0.25, -0.2) is 0 Å². The number of hydrogen-bond acceptors (Lipinski definition) is 2. The van der Waals surface area contributed by atoms with Crippen molar-refractivity contribution in [3.05, 3.63) is 0 Å². The highest BCUT2D eigenvalue weighted by molar-refractivity contribution is 5.98. The molecule has 3 nitrogen and oxygen atoms in total. The lowest BCUT2D eigenvalue weighted by molar-refractivity contribution is -0.137. The monoisotopic (exact) mass is 265 g/mol. The molecule has 0 aromatic carbocycles. The van der Waals surface area contributed by atoms with Gasteiger partial charge in [0.2, 0.25) is 5.91 Å². The molecule has 19 heavy (non-hydrogen) atoms. The minimum absolute atomic E-state index is 0.0217. The molecule has 0 aliphatic carbocycles. The maximum Gasteiger partial charge on any atom is 0.230 e. The molecule has 1 fully saturated rings. The van der Waals surface area contributed by atoms with Crippen LogP contribution in [0.25, 0.3) is 0 Å². The number of Topliss-reactive ketones (excluding diaryl/α,β-unsaturated/α-hetero) is 1. The molecule has 0 saturated carbocycles. The van der Waals surface area contributed by atoms with Gasteiger partial charge in [0.25, 0.3) is 0 Å². The normalized spacial score (nSPS) is 15.2. The van der Waals surface area contributed by atoms with E-state index >= 15 is 0 Å². The summed E-state index contributed by atoms with van der Waals surface area (Å²) in [6.45, 7) is 11.0. The predicted molar refractivity (Wildman–Crippen MR) is 78.6 cm³/mol.